The molecular weight excluding hydrogens is 172 g/mol. The van der Waals surface area contributed by atoms with Crippen molar-refractivity contribution in [2.45, 2.75) is 52.1 Å². The van der Waals surface area contributed by atoms with Gasteiger partial charge in [0.15, 0.2) is 0 Å². The molecule has 2 rings (SSSR count). The molecule has 82 valence electrons. The second kappa shape index (κ2) is 3.82. The molecule has 0 amide bonds. The predicted molar refractivity (Wildman–Crippen MR) is 60.5 cm³/mol. The van der Waals surface area contributed by atoms with Crippen molar-refractivity contribution in [1.82, 2.24) is 10.2 Å². The minimum Gasteiger partial charge on any atom is -0.316 e. The molecule has 0 radical (unpaired) electrons. The molecule has 0 aliphatic carbocycles. The van der Waals surface area contributed by atoms with Crippen LogP contribution in [0.15, 0.2) is 0 Å². The number of hydrogen-bond donors (Lipinski definition) is 1. The van der Waals surface area contributed by atoms with Gasteiger partial charge in [-0.25, -0.2) is 0 Å². The summed E-state index contributed by atoms with van der Waals surface area (Å²) in [5.74, 6) is 0. The van der Waals surface area contributed by atoms with Gasteiger partial charge >= 0.3 is 0 Å². The highest BCUT2D eigenvalue weighted by atomic mass is 15.2. The number of piperidine rings is 1. The first-order valence-corrected chi connectivity index (χ1v) is 6.12. The minimum absolute atomic E-state index is 0.600. The molecule has 2 saturated heterocycles. The number of nitrogens with zero attached hydrogens (tertiary/aromatic N) is 1. The van der Waals surface area contributed by atoms with E-state index in [4.69, 9.17) is 0 Å². The van der Waals surface area contributed by atoms with E-state index in [0.29, 0.717) is 11.5 Å². The maximum absolute atomic E-state index is 3.55. The van der Waals surface area contributed by atoms with Crippen molar-refractivity contribution in [3.63, 3.8) is 0 Å². The largest absolute Gasteiger partial charge is 0.316 e. The summed E-state index contributed by atoms with van der Waals surface area (Å²) in [4.78, 5) is 2.69. The molecule has 14 heavy (non-hydrogen) atoms. The lowest BCUT2D eigenvalue weighted by Crippen LogP contribution is -2.54. The van der Waals surface area contributed by atoms with E-state index in [9.17, 15) is 0 Å². The van der Waals surface area contributed by atoms with Gasteiger partial charge in [-0.15, -0.1) is 0 Å². The van der Waals surface area contributed by atoms with Gasteiger partial charge in [0, 0.05) is 18.6 Å². The quantitative estimate of drug-likeness (QED) is 0.688. The molecular formula is C12H24N2. The zero-order chi connectivity index (χ0) is 10.2. The van der Waals surface area contributed by atoms with E-state index < -0.39 is 0 Å². The van der Waals surface area contributed by atoms with Gasteiger partial charge in [-0.2, -0.15) is 0 Å². The fraction of sp³-hybridized carbons (Fsp3) is 1.00. The molecule has 0 saturated carbocycles. The molecule has 0 bridgehead atoms. The van der Waals surface area contributed by atoms with Gasteiger partial charge in [0.05, 0.1) is 0 Å². The SMILES string of the molecule is CC(C)N1CCCC2(CCNC2)C1C. The molecule has 2 atom stereocenters. The summed E-state index contributed by atoms with van der Waals surface area (Å²) >= 11 is 0. The monoisotopic (exact) mass is 196 g/mol. The van der Waals surface area contributed by atoms with Crippen LogP contribution in [0.3, 0.4) is 0 Å². The van der Waals surface area contributed by atoms with Gasteiger partial charge in [0.2, 0.25) is 0 Å². The van der Waals surface area contributed by atoms with Crippen LogP contribution in [0.4, 0.5) is 0 Å². The van der Waals surface area contributed by atoms with Crippen molar-refractivity contribution in [3.8, 4) is 0 Å². The van der Waals surface area contributed by atoms with Crippen molar-refractivity contribution in [1.29, 1.82) is 0 Å². The van der Waals surface area contributed by atoms with Crippen LogP contribution >= 0.6 is 0 Å². The average Bonchev–Trinajstić information content (AvgIpc) is 2.59. The number of hydrogen-bond acceptors (Lipinski definition) is 2. The van der Waals surface area contributed by atoms with Crippen LogP contribution in [0.25, 0.3) is 0 Å². The van der Waals surface area contributed by atoms with E-state index in [1.807, 2.05) is 0 Å². The number of nitrogens with one attached hydrogen (secondary N) is 1. The summed E-state index contributed by atoms with van der Waals surface area (Å²) in [5, 5.41) is 3.55. The highest BCUT2D eigenvalue weighted by Crippen LogP contribution is 2.41. The van der Waals surface area contributed by atoms with E-state index in [0.717, 1.165) is 6.04 Å². The molecule has 2 aliphatic heterocycles. The summed E-state index contributed by atoms with van der Waals surface area (Å²) in [7, 11) is 0. The van der Waals surface area contributed by atoms with Crippen molar-refractivity contribution < 1.29 is 0 Å². The minimum atomic E-state index is 0.600. The highest BCUT2D eigenvalue weighted by molar-refractivity contribution is 4.99. The van der Waals surface area contributed by atoms with Crippen LogP contribution < -0.4 is 5.32 Å². The zero-order valence-corrected chi connectivity index (χ0v) is 9.84. The zero-order valence-electron chi connectivity index (χ0n) is 9.84. The Bertz CT molecular complexity index is 194. The normalized spacial score (nSPS) is 39.9. The highest BCUT2D eigenvalue weighted by Gasteiger charge is 2.44. The Morgan fingerprint density at radius 2 is 2.14 bits per heavy atom. The molecule has 2 nitrogen and oxygen atoms in total. The van der Waals surface area contributed by atoms with E-state index in [1.165, 1.54) is 38.9 Å². The summed E-state index contributed by atoms with van der Waals surface area (Å²) in [6.45, 7) is 10.9. The first-order valence-electron chi connectivity index (χ1n) is 6.12. The van der Waals surface area contributed by atoms with Gasteiger partial charge in [-0.05, 0) is 58.5 Å². The lowest BCUT2D eigenvalue weighted by molar-refractivity contribution is 0.0160. The first kappa shape index (κ1) is 10.4. The second-order valence-corrected chi connectivity index (χ2v) is 5.40. The van der Waals surface area contributed by atoms with Crippen LogP contribution in [0.2, 0.25) is 0 Å². The summed E-state index contributed by atoms with van der Waals surface area (Å²) in [6.07, 6.45) is 4.21. The third kappa shape index (κ3) is 1.59. The predicted octanol–water partition coefficient (Wildman–Crippen LogP) is 1.86. The molecule has 2 unspecified atom stereocenters. The Kier molecular flexibility index (Phi) is 2.85. The smallest absolute Gasteiger partial charge is 0.0139 e. The van der Waals surface area contributed by atoms with Crippen LogP contribution in [0.5, 0.6) is 0 Å². The molecule has 2 aliphatic rings. The van der Waals surface area contributed by atoms with Gasteiger partial charge < -0.3 is 5.32 Å². The molecule has 2 heteroatoms. The molecule has 2 fully saturated rings. The van der Waals surface area contributed by atoms with Gasteiger partial charge in [0.1, 0.15) is 0 Å². The Morgan fingerprint density at radius 3 is 2.71 bits per heavy atom. The molecule has 0 aromatic rings. The Balaban J connectivity index is 2.11. The molecule has 0 aromatic carbocycles. The van der Waals surface area contributed by atoms with Crippen molar-refractivity contribution >= 4 is 0 Å². The lowest BCUT2D eigenvalue weighted by atomic mass is 9.72. The summed E-state index contributed by atoms with van der Waals surface area (Å²) in [6, 6.07) is 1.48. The standard InChI is InChI=1S/C12H24N2/c1-10(2)14-8-4-5-12(11(14)3)6-7-13-9-12/h10-11,13H,4-9H2,1-3H3. The number of rotatable bonds is 1. The maximum atomic E-state index is 3.55. The van der Waals surface area contributed by atoms with Gasteiger partial charge in [-0.1, -0.05) is 0 Å². The lowest BCUT2D eigenvalue weighted by Gasteiger charge is -2.48. The summed E-state index contributed by atoms with van der Waals surface area (Å²) in [5.41, 5.74) is 0.600. The second-order valence-electron chi connectivity index (χ2n) is 5.40. The van der Waals surface area contributed by atoms with Gasteiger partial charge in [0.25, 0.3) is 0 Å². The number of likely N-dealkylation sites (tertiary alicyclic amines) is 1. The first-order chi connectivity index (χ1) is 6.66. The van der Waals surface area contributed by atoms with Crippen LogP contribution in [-0.2, 0) is 0 Å². The topological polar surface area (TPSA) is 15.3 Å². The Hall–Kier alpha value is -0.0800. The third-order valence-electron chi connectivity index (χ3n) is 4.41. The van der Waals surface area contributed by atoms with E-state index >= 15 is 0 Å². The average molecular weight is 196 g/mol. The maximum Gasteiger partial charge on any atom is 0.0139 e. The van der Waals surface area contributed by atoms with Gasteiger partial charge in [-0.3, -0.25) is 4.90 Å². The molecule has 1 N–H and O–H groups in total. The van der Waals surface area contributed by atoms with Crippen LogP contribution in [0, 0.1) is 5.41 Å². The van der Waals surface area contributed by atoms with Crippen molar-refractivity contribution in [3.05, 3.63) is 0 Å². The molecule has 1 spiro atoms. The van der Waals surface area contributed by atoms with Crippen LogP contribution in [-0.4, -0.2) is 36.6 Å². The summed E-state index contributed by atoms with van der Waals surface area (Å²) < 4.78 is 0. The Morgan fingerprint density at radius 1 is 1.36 bits per heavy atom. The van der Waals surface area contributed by atoms with E-state index in [2.05, 4.69) is 31.0 Å². The van der Waals surface area contributed by atoms with E-state index in [-0.39, 0.29) is 0 Å². The fourth-order valence-corrected chi connectivity index (χ4v) is 3.41. The van der Waals surface area contributed by atoms with E-state index in [1.54, 1.807) is 0 Å². The Labute approximate surface area is 88.1 Å². The van der Waals surface area contributed by atoms with Crippen molar-refractivity contribution in [2.24, 2.45) is 5.41 Å². The fourth-order valence-electron chi connectivity index (χ4n) is 3.41. The van der Waals surface area contributed by atoms with Crippen molar-refractivity contribution in [2.75, 3.05) is 19.6 Å². The van der Waals surface area contributed by atoms with Crippen LogP contribution in [0.1, 0.15) is 40.0 Å². The molecule has 2 heterocycles. The molecule has 0 aromatic heterocycles. The third-order valence-corrected chi connectivity index (χ3v) is 4.41.